The molecule has 0 bridgehead atoms. The predicted octanol–water partition coefficient (Wildman–Crippen LogP) is 3.86. The maximum absolute atomic E-state index is 11.8. The van der Waals surface area contributed by atoms with E-state index in [4.69, 9.17) is 0 Å². The van der Waals surface area contributed by atoms with Gasteiger partial charge in [0.1, 0.15) is 0 Å². The average Bonchev–Trinajstić information content (AvgIpc) is 2.23. The van der Waals surface area contributed by atoms with Crippen LogP contribution in [-0.4, -0.2) is 9.97 Å². The van der Waals surface area contributed by atoms with Gasteiger partial charge in [0, 0.05) is 12.4 Å². The van der Waals surface area contributed by atoms with Crippen molar-refractivity contribution in [2.24, 2.45) is 0 Å². The van der Waals surface area contributed by atoms with Crippen LogP contribution in [0.1, 0.15) is 39.1 Å². The number of hydrogen-bond donors (Lipinski definition) is 0. The standard InChI is InChI=1S/C6H5F3N2.2C2H6/c1-4-2-10-5(11-3-4)6(7,8)9;2*1-2/h2-3H,1H3;2*1-2H3. The van der Waals surface area contributed by atoms with E-state index in [1.807, 2.05) is 27.7 Å². The summed E-state index contributed by atoms with van der Waals surface area (Å²) >= 11 is 0. The lowest BCUT2D eigenvalue weighted by molar-refractivity contribution is -0.145. The third-order valence-corrected chi connectivity index (χ3v) is 1.03. The molecule has 0 spiro atoms. The van der Waals surface area contributed by atoms with Crippen LogP contribution in [-0.2, 0) is 6.18 Å². The third-order valence-electron chi connectivity index (χ3n) is 1.03. The van der Waals surface area contributed by atoms with Crippen LogP contribution in [0.2, 0.25) is 0 Å². The molecule has 0 aromatic carbocycles. The summed E-state index contributed by atoms with van der Waals surface area (Å²) in [6.45, 7) is 9.63. The van der Waals surface area contributed by atoms with Gasteiger partial charge in [0.05, 0.1) is 0 Å². The van der Waals surface area contributed by atoms with E-state index in [2.05, 4.69) is 9.97 Å². The highest BCUT2D eigenvalue weighted by Gasteiger charge is 2.33. The first-order valence-corrected chi connectivity index (χ1v) is 4.86. The summed E-state index contributed by atoms with van der Waals surface area (Å²) in [5, 5.41) is 0. The highest BCUT2D eigenvalue weighted by Crippen LogP contribution is 2.25. The molecule has 88 valence electrons. The van der Waals surface area contributed by atoms with Crippen molar-refractivity contribution in [2.45, 2.75) is 40.8 Å². The number of hydrogen-bond acceptors (Lipinski definition) is 2. The summed E-state index contributed by atoms with van der Waals surface area (Å²) in [5.41, 5.74) is 0.609. The molecule has 1 heterocycles. The molecule has 0 aliphatic carbocycles. The molecule has 0 unspecified atom stereocenters. The summed E-state index contributed by atoms with van der Waals surface area (Å²) < 4.78 is 35.4. The number of aromatic nitrogens is 2. The highest BCUT2D eigenvalue weighted by molar-refractivity contribution is 5.03. The van der Waals surface area contributed by atoms with Crippen molar-refractivity contribution in [1.29, 1.82) is 0 Å². The average molecular weight is 222 g/mol. The van der Waals surface area contributed by atoms with Crippen LogP contribution < -0.4 is 0 Å². The van der Waals surface area contributed by atoms with Crippen molar-refractivity contribution >= 4 is 0 Å². The Kier molecular flexibility index (Phi) is 8.91. The first-order chi connectivity index (χ1) is 7.00. The maximum atomic E-state index is 11.8. The monoisotopic (exact) mass is 222 g/mol. The van der Waals surface area contributed by atoms with Crippen LogP contribution in [0, 0.1) is 6.92 Å². The summed E-state index contributed by atoms with van der Waals surface area (Å²) in [5.74, 6) is -1.09. The molecule has 1 aromatic rings. The van der Waals surface area contributed by atoms with Crippen LogP contribution in [0.15, 0.2) is 12.4 Å². The minimum Gasteiger partial charge on any atom is -0.233 e. The van der Waals surface area contributed by atoms with E-state index in [9.17, 15) is 13.2 Å². The number of aryl methyl sites for hydroxylation is 1. The van der Waals surface area contributed by atoms with Gasteiger partial charge in [-0.05, 0) is 12.5 Å². The molecule has 0 atom stereocenters. The largest absolute Gasteiger partial charge is 0.451 e. The van der Waals surface area contributed by atoms with Gasteiger partial charge in [-0.15, -0.1) is 0 Å². The van der Waals surface area contributed by atoms with Crippen molar-refractivity contribution in [3.05, 3.63) is 23.8 Å². The van der Waals surface area contributed by atoms with E-state index >= 15 is 0 Å². The fourth-order valence-corrected chi connectivity index (χ4v) is 0.539. The van der Waals surface area contributed by atoms with Gasteiger partial charge in [0.2, 0.25) is 5.82 Å². The molecule has 0 saturated carbocycles. The van der Waals surface area contributed by atoms with Crippen LogP contribution in [0.25, 0.3) is 0 Å². The van der Waals surface area contributed by atoms with E-state index in [1.165, 1.54) is 0 Å². The van der Waals surface area contributed by atoms with E-state index in [0.29, 0.717) is 5.56 Å². The Morgan fingerprint density at radius 2 is 1.27 bits per heavy atom. The van der Waals surface area contributed by atoms with Gasteiger partial charge in [-0.2, -0.15) is 13.2 Å². The number of halogens is 3. The normalized spacial score (nSPS) is 9.33. The molecular formula is C10H17F3N2. The first-order valence-electron chi connectivity index (χ1n) is 4.86. The zero-order valence-electron chi connectivity index (χ0n) is 9.68. The van der Waals surface area contributed by atoms with E-state index in [0.717, 1.165) is 12.4 Å². The van der Waals surface area contributed by atoms with Crippen LogP contribution in [0.3, 0.4) is 0 Å². The van der Waals surface area contributed by atoms with Gasteiger partial charge in [0.15, 0.2) is 0 Å². The summed E-state index contributed by atoms with van der Waals surface area (Å²) in [6.07, 6.45) is -2.17. The van der Waals surface area contributed by atoms with Crippen molar-refractivity contribution in [1.82, 2.24) is 9.97 Å². The maximum Gasteiger partial charge on any atom is 0.451 e. The summed E-state index contributed by atoms with van der Waals surface area (Å²) in [6, 6.07) is 0. The molecule has 1 aromatic heterocycles. The number of nitrogens with zero attached hydrogens (tertiary/aromatic N) is 2. The number of rotatable bonds is 0. The lowest BCUT2D eigenvalue weighted by Crippen LogP contribution is -2.10. The molecule has 0 aliphatic heterocycles. The van der Waals surface area contributed by atoms with Gasteiger partial charge in [-0.1, -0.05) is 27.7 Å². The zero-order chi connectivity index (χ0) is 12.5. The van der Waals surface area contributed by atoms with Gasteiger partial charge < -0.3 is 0 Å². The SMILES string of the molecule is CC.CC.Cc1cnc(C(F)(F)F)nc1. The Labute approximate surface area is 88.6 Å². The van der Waals surface area contributed by atoms with Crippen LogP contribution in [0.4, 0.5) is 13.2 Å². The van der Waals surface area contributed by atoms with E-state index in [1.54, 1.807) is 6.92 Å². The van der Waals surface area contributed by atoms with Crippen molar-refractivity contribution < 1.29 is 13.2 Å². The Hall–Kier alpha value is -1.13. The Balaban J connectivity index is 0. The second-order valence-corrected chi connectivity index (χ2v) is 2.08. The van der Waals surface area contributed by atoms with E-state index in [-0.39, 0.29) is 0 Å². The third kappa shape index (κ3) is 6.88. The molecule has 15 heavy (non-hydrogen) atoms. The highest BCUT2D eigenvalue weighted by atomic mass is 19.4. The Morgan fingerprint density at radius 1 is 0.933 bits per heavy atom. The van der Waals surface area contributed by atoms with E-state index < -0.39 is 12.0 Å². The first kappa shape index (κ1) is 16.3. The molecule has 0 fully saturated rings. The molecule has 0 saturated heterocycles. The second kappa shape index (κ2) is 8.20. The molecule has 0 aliphatic rings. The molecule has 1 rings (SSSR count). The molecule has 2 nitrogen and oxygen atoms in total. The second-order valence-electron chi connectivity index (χ2n) is 2.08. The van der Waals surface area contributed by atoms with Gasteiger partial charge in [0.25, 0.3) is 0 Å². The summed E-state index contributed by atoms with van der Waals surface area (Å²) in [4.78, 5) is 6.23. The molecule has 0 radical (unpaired) electrons. The molecular weight excluding hydrogens is 205 g/mol. The topological polar surface area (TPSA) is 25.8 Å². The van der Waals surface area contributed by atoms with Gasteiger partial charge in [-0.25, -0.2) is 9.97 Å². The van der Waals surface area contributed by atoms with Crippen molar-refractivity contribution in [3.63, 3.8) is 0 Å². The predicted molar refractivity (Wildman–Crippen MR) is 54.5 cm³/mol. The fourth-order valence-electron chi connectivity index (χ4n) is 0.539. The smallest absolute Gasteiger partial charge is 0.233 e. The fraction of sp³-hybridized carbons (Fsp3) is 0.600. The van der Waals surface area contributed by atoms with Crippen molar-refractivity contribution in [2.75, 3.05) is 0 Å². The Bertz CT molecular complexity index is 242. The molecule has 0 N–H and O–H groups in total. The zero-order valence-corrected chi connectivity index (χ0v) is 9.68. The minimum absolute atomic E-state index is 0.609. The Morgan fingerprint density at radius 3 is 1.53 bits per heavy atom. The quantitative estimate of drug-likeness (QED) is 0.666. The lowest BCUT2D eigenvalue weighted by atomic mass is 10.4. The van der Waals surface area contributed by atoms with Crippen molar-refractivity contribution in [3.8, 4) is 0 Å². The summed E-state index contributed by atoms with van der Waals surface area (Å²) in [7, 11) is 0. The van der Waals surface area contributed by atoms with Crippen LogP contribution >= 0.6 is 0 Å². The molecule has 0 amide bonds. The molecule has 5 heteroatoms. The van der Waals surface area contributed by atoms with Crippen LogP contribution in [0.5, 0.6) is 0 Å². The van der Waals surface area contributed by atoms with Gasteiger partial charge >= 0.3 is 6.18 Å². The number of alkyl halides is 3. The lowest BCUT2D eigenvalue weighted by Gasteiger charge is -2.02. The minimum atomic E-state index is -4.44. The van der Waals surface area contributed by atoms with Gasteiger partial charge in [-0.3, -0.25) is 0 Å².